The van der Waals surface area contributed by atoms with Gasteiger partial charge in [0.15, 0.2) is 0 Å². The molecular weight excluding hydrogens is 216 g/mol. The van der Waals surface area contributed by atoms with Gasteiger partial charge in [0.25, 0.3) is 0 Å². The maximum Gasteiger partial charge on any atom is 0.0771 e. The van der Waals surface area contributed by atoms with Gasteiger partial charge in [0.2, 0.25) is 0 Å². The Labute approximate surface area is 102 Å². The largest absolute Gasteiger partial charge is 0.393 e. The molecule has 0 bridgehead atoms. The molecule has 0 spiro atoms. The number of hydrogen-bond acceptors (Lipinski definition) is 2. The van der Waals surface area contributed by atoms with Crippen molar-refractivity contribution < 1.29 is 0 Å². The number of nitrogens with two attached hydrogens (primary N) is 1. The second-order valence-electron chi connectivity index (χ2n) is 4.44. The molecule has 1 aromatic carbocycles. The third-order valence-electron chi connectivity index (χ3n) is 3.01. The highest BCUT2D eigenvalue weighted by molar-refractivity contribution is 7.80. The zero-order chi connectivity index (χ0) is 11.4. The molecule has 1 aromatic rings. The van der Waals surface area contributed by atoms with E-state index in [1.807, 2.05) is 0 Å². The van der Waals surface area contributed by atoms with Gasteiger partial charge in [-0.25, -0.2) is 0 Å². The number of hydrogen-bond donors (Lipinski definition) is 1. The SMILES string of the molecule is NC(=S)Cc1ccc(CN2CCCC2)cc1. The van der Waals surface area contributed by atoms with Gasteiger partial charge in [-0.1, -0.05) is 36.5 Å². The fourth-order valence-electron chi connectivity index (χ4n) is 2.16. The third-order valence-corrected chi connectivity index (χ3v) is 3.15. The lowest BCUT2D eigenvalue weighted by atomic mass is 10.1. The first-order valence-electron chi connectivity index (χ1n) is 5.82. The molecule has 1 aliphatic heterocycles. The van der Waals surface area contributed by atoms with Crippen molar-refractivity contribution in [2.75, 3.05) is 13.1 Å². The van der Waals surface area contributed by atoms with E-state index in [1.54, 1.807) is 0 Å². The molecule has 86 valence electrons. The molecule has 3 heteroatoms. The lowest BCUT2D eigenvalue weighted by Crippen LogP contribution is -2.18. The Morgan fingerprint density at radius 2 is 1.69 bits per heavy atom. The van der Waals surface area contributed by atoms with E-state index in [4.69, 9.17) is 18.0 Å². The second kappa shape index (κ2) is 5.41. The molecule has 0 atom stereocenters. The van der Waals surface area contributed by atoms with Crippen LogP contribution in [-0.2, 0) is 13.0 Å². The van der Waals surface area contributed by atoms with Gasteiger partial charge in [-0.2, -0.15) is 0 Å². The molecule has 0 amide bonds. The minimum atomic E-state index is 0.562. The molecule has 0 aliphatic carbocycles. The Balaban J connectivity index is 1.93. The van der Waals surface area contributed by atoms with Crippen LogP contribution in [0, 0.1) is 0 Å². The van der Waals surface area contributed by atoms with Crippen molar-refractivity contribution in [3.05, 3.63) is 35.4 Å². The Hall–Kier alpha value is -0.930. The first-order valence-corrected chi connectivity index (χ1v) is 6.23. The monoisotopic (exact) mass is 234 g/mol. The quantitative estimate of drug-likeness (QED) is 0.809. The number of likely N-dealkylation sites (tertiary alicyclic amines) is 1. The predicted octanol–water partition coefficient (Wildman–Crippen LogP) is 2.11. The molecule has 1 fully saturated rings. The van der Waals surface area contributed by atoms with E-state index in [-0.39, 0.29) is 0 Å². The van der Waals surface area contributed by atoms with Gasteiger partial charge in [0.05, 0.1) is 4.99 Å². The Morgan fingerprint density at radius 3 is 2.25 bits per heavy atom. The molecule has 0 aromatic heterocycles. The van der Waals surface area contributed by atoms with Crippen molar-refractivity contribution in [2.45, 2.75) is 25.8 Å². The number of rotatable bonds is 4. The van der Waals surface area contributed by atoms with Crippen LogP contribution >= 0.6 is 12.2 Å². The van der Waals surface area contributed by atoms with Crippen LogP contribution in [0.15, 0.2) is 24.3 Å². The molecule has 2 rings (SSSR count). The first kappa shape index (κ1) is 11.6. The van der Waals surface area contributed by atoms with Crippen LogP contribution in [0.5, 0.6) is 0 Å². The first-order chi connectivity index (χ1) is 7.74. The normalized spacial score (nSPS) is 16.5. The summed E-state index contributed by atoms with van der Waals surface area (Å²) in [5, 5.41) is 0. The number of thiocarbonyl (C=S) groups is 1. The van der Waals surface area contributed by atoms with Crippen molar-refractivity contribution in [3.8, 4) is 0 Å². The topological polar surface area (TPSA) is 29.3 Å². The molecule has 1 heterocycles. The fourth-order valence-corrected chi connectivity index (χ4v) is 2.33. The van der Waals surface area contributed by atoms with Gasteiger partial charge in [0.1, 0.15) is 0 Å². The summed E-state index contributed by atoms with van der Waals surface area (Å²) in [5.41, 5.74) is 8.11. The molecule has 2 nitrogen and oxygen atoms in total. The summed E-state index contributed by atoms with van der Waals surface area (Å²) in [5.74, 6) is 0. The number of benzene rings is 1. The fraction of sp³-hybridized carbons (Fsp3) is 0.462. The van der Waals surface area contributed by atoms with Gasteiger partial charge < -0.3 is 5.73 Å². The van der Waals surface area contributed by atoms with E-state index in [0.717, 1.165) is 6.54 Å². The van der Waals surface area contributed by atoms with E-state index >= 15 is 0 Å². The van der Waals surface area contributed by atoms with Crippen LogP contribution in [0.2, 0.25) is 0 Å². The van der Waals surface area contributed by atoms with Crippen LogP contribution in [0.1, 0.15) is 24.0 Å². The zero-order valence-electron chi connectivity index (χ0n) is 9.48. The summed E-state index contributed by atoms with van der Waals surface area (Å²) in [6.45, 7) is 3.57. The van der Waals surface area contributed by atoms with Crippen LogP contribution in [0.4, 0.5) is 0 Å². The van der Waals surface area contributed by atoms with E-state index in [1.165, 1.54) is 37.1 Å². The molecule has 2 N–H and O–H groups in total. The highest BCUT2D eigenvalue weighted by Crippen LogP contribution is 2.13. The van der Waals surface area contributed by atoms with Crippen LogP contribution < -0.4 is 5.73 Å². The third kappa shape index (κ3) is 3.29. The minimum absolute atomic E-state index is 0.562. The Morgan fingerprint density at radius 1 is 1.12 bits per heavy atom. The standard InChI is InChI=1S/C13H18N2S/c14-13(16)9-11-3-5-12(6-4-11)10-15-7-1-2-8-15/h3-6H,1-2,7-10H2,(H2,14,16). The summed E-state index contributed by atoms with van der Waals surface area (Å²) in [7, 11) is 0. The molecular formula is C13H18N2S. The average molecular weight is 234 g/mol. The molecule has 1 aliphatic rings. The zero-order valence-corrected chi connectivity index (χ0v) is 10.3. The molecule has 0 radical (unpaired) electrons. The average Bonchev–Trinajstić information content (AvgIpc) is 2.73. The number of nitrogens with zero attached hydrogens (tertiary/aromatic N) is 1. The van der Waals surface area contributed by atoms with Gasteiger partial charge in [-0.15, -0.1) is 0 Å². The summed E-state index contributed by atoms with van der Waals surface area (Å²) >= 11 is 4.90. The van der Waals surface area contributed by atoms with Crippen LogP contribution in [0.25, 0.3) is 0 Å². The molecule has 16 heavy (non-hydrogen) atoms. The Kier molecular flexibility index (Phi) is 3.91. The van der Waals surface area contributed by atoms with E-state index in [9.17, 15) is 0 Å². The van der Waals surface area contributed by atoms with Gasteiger partial charge >= 0.3 is 0 Å². The lowest BCUT2D eigenvalue weighted by molar-refractivity contribution is 0.331. The van der Waals surface area contributed by atoms with Crippen molar-refractivity contribution in [2.24, 2.45) is 5.73 Å². The van der Waals surface area contributed by atoms with E-state index < -0.39 is 0 Å². The minimum Gasteiger partial charge on any atom is -0.393 e. The summed E-state index contributed by atoms with van der Waals surface area (Å²) in [6, 6.07) is 8.63. The van der Waals surface area contributed by atoms with Gasteiger partial charge in [-0.3, -0.25) is 4.90 Å². The van der Waals surface area contributed by atoms with E-state index in [2.05, 4.69) is 29.2 Å². The van der Waals surface area contributed by atoms with Crippen LogP contribution in [-0.4, -0.2) is 23.0 Å². The summed E-state index contributed by atoms with van der Waals surface area (Å²) in [6.07, 6.45) is 3.40. The maximum atomic E-state index is 5.52. The van der Waals surface area contributed by atoms with Crippen molar-refractivity contribution in [3.63, 3.8) is 0 Å². The van der Waals surface area contributed by atoms with Crippen molar-refractivity contribution in [1.82, 2.24) is 4.90 Å². The van der Waals surface area contributed by atoms with Crippen LogP contribution in [0.3, 0.4) is 0 Å². The Bertz CT molecular complexity index is 353. The van der Waals surface area contributed by atoms with Gasteiger partial charge in [0, 0.05) is 13.0 Å². The van der Waals surface area contributed by atoms with E-state index in [0.29, 0.717) is 11.4 Å². The predicted molar refractivity (Wildman–Crippen MR) is 71.4 cm³/mol. The maximum absolute atomic E-state index is 5.52. The smallest absolute Gasteiger partial charge is 0.0771 e. The highest BCUT2D eigenvalue weighted by Gasteiger charge is 2.11. The molecule has 0 saturated carbocycles. The summed E-state index contributed by atoms with van der Waals surface area (Å²) < 4.78 is 0. The summed E-state index contributed by atoms with van der Waals surface area (Å²) in [4.78, 5) is 3.06. The second-order valence-corrected chi connectivity index (χ2v) is 4.97. The molecule has 1 saturated heterocycles. The molecule has 0 unspecified atom stereocenters. The van der Waals surface area contributed by atoms with Crippen molar-refractivity contribution in [1.29, 1.82) is 0 Å². The van der Waals surface area contributed by atoms with Crippen molar-refractivity contribution >= 4 is 17.2 Å². The lowest BCUT2D eigenvalue weighted by Gasteiger charge is -2.14. The highest BCUT2D eigenvalue weighted by atomic mass is 32.1. The van der Waals surface area contributed by atoms with Gasteiger partial charge in [-0.05, 0) is 37.1 Å².